The molecule has 0 bridgehead atoms. The summed E-state index contributed by atoms with van der Waals surface area (Å²) in [4.78, 5) is 19.3. The van der Waals surface area contributed by atoms with E-state index in [-0.39, 0.29) is 11.9 Å². The molecule has 3 rings (SSSR count). The second-order valence-corrected chi connectivity index (χ2v) is 7.83. The highest BCUT2D eigenvalue weighted by atomic mass is 32.1. The van der Waals surface area contributed by atoms with Crippen LogP contribution in [0.2, 0.25) is 0 Å². The van der Waals surface area contributed by atoms with E-state index in [0.29, 0.717) is 13.0 Å². The van der Waals surface area contributed by atoms with E-state index < -0.39 is 5.54 Å². The first-order valence-corrected chi connectivity index (χ1v) is 9.66. The summed E-state index contributed by atoms with van der Waals surface area (Å²) in [6.45, 7) is 6.82. The normalized spacial score (nSPS) is 20.2. The Morgan fingerprint density at radius 1 is 1.38 bits per heavy atom. The molecule has 2 aromatic rings. The number of thiophene rings is 1. The summed E-state index contributed by atoms with van der Waals surface area (Å²) >= 11 is 1.60. The average Bonchev–Trinajstić information content (AvgIpc) is 3.09. The van der Waals surface area contributed by atoms with E-state index in [1.807, 2.05) is 13.0 Å². The fraction of sp³-hybridized carbons (Fsp3) is 0.400. The van der Waals surface area contributed by atoms with Crippen LogP contribution in [0.4, 0.5) is 0 Å². The van der Waals surface area contributed by atoms with Crippen molar-refractivity contribution in [1.82, 2.24) is 4.90 Å². The minimum absolute atomic E-state index is 0.0162. The lowest BCUT2D eigenvalue weighted by molar-refractivity contribution is -0.128. The first-order chi connectivity index (χ1) is 12.3. The molecule has 0 unspecified atom stereocenters. The Morgan fingerprint density at radius 2 is 2.15 bits per heavy atom. The molecule has 5 nitrogen and oxygen atoms in total. The second kappa shape index (κ2) is 7.11. The number of ether oxygens (including phenoxy) is 1. The van der Waals surface area contributed by atoms with E-state index in [1.54, 1.807) is 18.4 Å². The maximum Gasteiger partial charge on any atom is 0.231 e. The van der Waals surface area contributed by atoms with Crippen molar-refractivity contribution in [2.75, 3.05) is 13.7 Å². The van der Waals surface area contributed by atoms with Gasteiger partial charge in [-0.05, 0) is 49.4 Å². The van der Waals surface area contributed by atoms with Crippen molar-refractivity contribution >= 4 is 23.2 Å². The topological polar surface area (TPSA) is 67.9 Å². The molecule has 1 aromatic heterocycles. The van der Waals surface area contributed by atoms with Gasteiger partial charge in [-0.1, -0.05) is 18.6 Å². The van der Waals surface area contributed by atoms with Gasteiger partial charge in [-0.2, -0.15) is 0 Å². The molecule has 1 aliphatic rings. The highest BCUT2D eigenvalue weighted by Crippen LogP contribution is 2.41. The number of rotatable bonds is 5. The standard InChI is InChI=1S/C20H25N3O2S/c1-5-8-25-16-7-6-13(2)9-15(16)14-10-17(26-12-14)20(3)11-18(24)23(4)19(21)22-20/h6-7,9-10,12H,5,8,11H2,1-4H3,(H2,21,22)/t20-/m0/s1. The maximum atomic E-state index is 12.2. The zero-order chi connectivity index (χ0) is 18.9. The van der Waals surface area contributed by atoms with Crippen LogP contribution < -0.4 is 10.5 Å². The minimum atomic E-state index is -0.620. The Bertz CT molecular complexity index is 858. The van der Waals surface area contributed by atoms with Gasteiger partial charge in [0.25, 0.3) is 0 Å². The molecular weight excluding hydrogens is 346 g/mol. The van der Waals surface area contributed by atoms with Crippen molar-refractivity contribution in [2.45, 2.75) is 39.2 Å². The molecule has 0 saturated carbocycles. The van der Waals surface area contributed by atoms with Crippen LogP contribution in [0.1, 0.15) is 37.1 Å². The van der Waals surface area contributed by atoms with E-state index >= 15 is 0 Å². The number of carbonyl (C=O) groups is 1. The number of hydrogen-bond donors (Lipinski definition) is 1. The number of nitrogens with two attached hydrogens (primary N) is 1. The minimum Gasteiger partial charge on any atom is -0.493 e. The van der Waals surface area contributed by atoms with Gasteiger partial charge in [0.05, 0.1) is 13.0 Å². The molecule has 0 aliphatic carbocycles. The zero-order valence-corrected chi connectivity index (χ0v) is 16.5. The van der Waals surface area contributed by atoms with Crippen LogP contribution in [0, 0.1) is 6.92 Å². The molecule has 6 heteroatoms. The number of aryl methyl sites for hydroxylation is 1. The lowest BCUT2D eigenvalue weighted by Gasteiger charge is -2.32. The average molecular weight is 372 g/mol. The Morgan fingerprint density at radius 3 is 2.85 bits per heavy atom. The predicted molar refractivity (Wildman–Crippen MR) is 107 cm³/mol. The quantitative estimate of drug-likeness (QED) is 0.866. The van der Waals surface area contributed by atoms with E-state index in [9.17, 15) is 4.79 Å². The first kappa shape index (κ1) is 18.5. The Balaban J connectivity index is 1.98. The van der Waals surface area contributed by atoms with Crippen LogP contribution >= 0.6 is 11.3 Å². The maximum absolute atomic E-state index is 12.2. The number of amides is 1. The van der Waals surface area contributed by atoms with Gasteiger partial charge in [-0.3, -0.25) is 9.69 Å². The lowest BCUT2D eigenvalue weighted by atomic mass is 9.93. The molecule has 1 atom stereocenters. The van der Waals surface area contributed by atoms with Crippen LogP contribution in [-0.4, -0.2) is 30.4 Å². The van der Waals surface area contributed by atoms with Gasteiger partial charge in [0, 0.05) is 17.5 Å². The van der Waals surface area contributed by atoms with Gasteiger partial charge in [0.1, 0.15) is 11.3 Å². The van der Waals surface area contributed by atoms with Gasteiger partial charge in [-0.15, -0.1) is 11.3 Å². The molecule has 138 valence electrons. The zero-order valence-electron chi connectivity index (χ0n) is 15.7. The highest BCUT2D eigenvalue weighted by Gasteiger charge is 2.37. The summed E-state index contributed by atoms with van der Waals surface area (Å²) in [5.74, 6) is 1.13. The molecule has 0 radical (unpaired) electrons. The Kier molecular flexibility index (Phi) is 5.05. The van der Waals surface area contributed by atoms with E-state index in [2.05, 4.69) is 42.4 Å². The number of nitrogens with zero attached hydrogens (tertiary/aromatic N) is 2. The lowest BCUT2D eigenvalue weighted by Crippen LogP contribution is -2.47. The van der Waals surface area contributed by atoms with Crippen molar-refractivity contribution in [3.8, 4) is 16.9 Å². The molecule has 2 N–H and O–H groups in total. The van der Waals surface area contributed by atoms with Gasteiger partial charge in [-0.25, -0.2) is 4.99 Å². The first-order valence-electron chi connectivity index (χ1n) is 8.79. The molecule has 1 aliphatic heterocycles. The van der Waals surface area contributed by atoms with Crippen molar-refractivity contribution in [1.29, 1.82) is 0 Å². The molecular formula is C20H25N3O2S. The van der Waals surface area contributed by atoms with Gasteiger partial charge >= 0.3 is 0 Å². The number of hydrogen-bond acceptors (Lipinski definition) is 5. The van der Waals surface area contributed by atoms with Gasteiger partial charge in [0.15, 0.2) is 5.96 Å². The fourth-order valence-corrected chi connectivity index (χ4v) is 4.03. The Labute approximate surface area is 158 Å². The third-order valence-corrected chi connectivity index (χ3v) is 5.80. The largest absolute Gasteiger partial charge is 0.493 e. The van der Waals surface area contributed by atoms with Crippen molar-refractivity contribution in [3.63, 3.8) is 0 Å². The van der Waals surface area contributed by atoms with Crippen LogP contribution in [0.25, 0.3) is 11.1 Å². The molecule has 0 fully saturated rings. The summed E-state index contributed by atoms with van der Waals surface area (Å²) in [5.41, 5.74) is 8.65. The predicted octanol–water partition coefficient (Wildman–Crippen LogP) is 3.90. The number of guanidine groups is 1. The summed E-state index contributed by atoms with van der Waals surface area (Å²) in [6, 6.07) is 8.32. The van der Waals surface area contributed by atoms with Crippen LogP contribution in [0.5, 0.6) is 5.75 Å². The summed E-state index contributed by atoms with van der Waals surface area (Å²) in [7, 11) is 1.66. The third kappa shape index (κ3) is 3.46. The van der Waals surface area contributed by atoms with Crippen LogP contribution in [0.15, 0.2) is 34.6 Å². The number of carbonyl (C=O) groups excluding carboxylic acids is 1. The summed E-state index contributed by atoms with van der Waals surface area (Å²) < 4.78 is 5.92. The fourth-order valence-electron chi connectivity index (χ4n) is 3.02. The third-order valence-electron chi connectivity index (χ3n) is 4.61. The SMILES string of the molecule is CCCOc1ccc(C)cc1-c1csc([C@]2(C)CC(=O)N(C)C(N)=N2)c1. The van der Waals surface area contributed by atoms with E-state index in [4.69, 9.17) is 10.5 Å². The van der Waals surface area contributed by atoms with Gasteiger partial charge in [0.2, 0.25) is 5.91 Å². The van der Waals surface area contributed by atoms with Gasteiger partial charge < -0.3 is 10.5 Å². The number of aliphatic imine (C=N–C) groups is 1. The van der Waals surface area contributed by atoms with Crippen molar-refractivity contribution in [2.24, 2.45) is 10.7 Å². The van der Waals surface area contributed by atoms with E-state index in [1.165, 1.54) is 10.5 Å². The molecule has 1 amide bonds. The smallest absolute Gasteiger partial charge is 0.231 e. The second-order valence-electron chi connectivity index (χ2n) is 6.92. The monoisotopic (exact) mass is 371 g/mol. The summed E-state index contributed by atoms with van der Waals surface area (Å²) in [5, 5.41) is 2.10. The molecule has 1 aromatic carbocycles. The molecule has 0 saturated heterocycles. The Hall–Kier alpha value is -2.34. The van der Waals surface area contributed by atoms with Crippen molar-refractivity contribution in [3.05, 3.63) is 40.1 Å². The highest BCUT2D eigenvalue weighted by molar-refractivity contribution is 7.10. The van der Waals surface area contributed by atoms with Crippen LogP contribution in [-0.2, 0) is 10.3 Å². The molecule has 26 heavy (non-hydrogen) atoms. The molecule has 0 spiro atoms. The summed E-state index contributed by atoms with van der Waals surface area (Å²) in [6.07, 6.45) is 1.28. The van der Waals surface area contributed by atoms with E-state index in [0.717, 1.165) is 28.2 Å². The molecule has 2 heterocycles. The number of benzene rings is 1. The van der Waals surface area contributed by atoms with Crippen LogP contribution in [0.3, 0.4) is 0 Å². The van der Waals surface area contributed by atoms with Crippen molar-refractivity contribution < 1.29 is 9.53 Å².